The van der Waals surface area contributed by atoms with Crippen molar-refractivity contribution in [1.82, 2.24) is 20.3 Å². The monoisotopic (exact) mass is 187 g/mol. The normalized spacial score (nSPS) is 9.64. The number of H-pyrrole nitrogens is 1. The highest BCUT2D eigenvalue weighted by Gasteiger charge is 2.10. The molecule has 0 aliphatic rings. The fourth-order valence-corrected chi connectivity index (χ4v) is 1.06. The molecule has 6 nitrogen and oxygen atoms in total. The number of aromatic amines is 1. The molecule has 0 fully saturated rings. The molecule has 0 spiro atoms. The maximum atomic E-state index is 11.2. The number of imidazole rings is 1. The van der Waals surface area contributed by atoms with Crippen LogP contribution in [0.2, 0.25) is 0 Å². The van der Waals surface area contributed by atoms with Crippen LogP contribution in [0.1, 0.15) is 10.6 Å². The van der Waals surface area contributed by atoms with Crippen molar-refractivity contribution in [2.45, 2.75) is 0 Å². The Morgan fingerprint density at radius 1 is 1.64 bits per heavy atom. The summed E-state index contributed by atoms with van der Waals surface area (Å²) in [5.74, 6) is -0.481. The minimum Gasteiger partial charge on any atom is -0.332 e. The van der Waals surface area contributed by atoms with E-state index in [1.165, 1.54) is 6.19 Å². The topological polar surface area (TPSA) is 94.5 Å². The number of carbonyl (C=O) groups excluding carboxylic acids is 1. The highest BCUT2D eigenvalue weighted by molar-refractivity contribution is 5.94. The number of nitrogens with zero attached hydrogens (tertiary/aromatic N) is 3. The Morgan fingerprint density at radius 2 is 2.50 bits per heavy atom. The molecule has 1 amide bonds. The van der Waals surface area contributed by atoms with E-state index in [0.717, 1.165) is 0 Å². The molecule has 2 heterocycles. The standard InChI is InChI=1S/C8H5N5O/c9-4-11-8(14)7-12-5-2-1-3-10-6(5)13-7/h1-3H,(H,11,14)(H,10,12,13). The summed E-state index contributed by atoms with van der Waals surface area (Å²) in [4.78, 5) is 21.7. The number of pyridine rings is 1. The number of rotatable bonds is 1. The molecule has 2 N–H and O–H groups in total. The number of carbonyl (C=O) groups is 1. The smallest absolute Gasteiger partial charge is 0.300 e. The molecule has 0 unspecified atom stereocenters. The number of fused-ring (bicyclic) bond motifs is 1. The lowest BCUT2D eigenvalue weighted by molar-refractivity contribution is 0.0964. The predicted molar refractivity (Wildman–Crippen MR) is 47.0 cm³/mol. The first-order valence-corrected chi connectivity index (χ1v) is 3.81. The van der Waals surface area contributed by atoms with Crippen LogP contribution in [-0.4, -0.2) is 20.9 Å². The fraction of sp³-hybridized carbons (Fsp3) is 0. The number of nitriles is 1. The Bertz CT molecular complexity index is 491. The summed E-state index contributed by atoms with van der Waals surface area (Å²) in [6.45, 7) is 0. The van der Waals surface area contributed by atoms with Gasteiger partial charge in [-0.1, -0.05) is 0 Å². The molecular weight excluding hydrogens is 182 g/mol. The van der Waals surface area contributed by atoms with Gasteiger partial charge >= 0.3 is 0 Å². The largest absolute Gasteiger partial charge is 0.332 e. The average Bonchev–Trinajstić information content (AvgIpc) is 2.61. The Kier molecular flexibility index (Phi) is 1.84. The average molecular weight is 187 g/mol. The van der Waals surface area contributed by atoms with E-state index in [2.05, 4.69) is 15.0 Å². The zero-order valence-electron chi connectivity index (χ0n) is 6.98. The van der Waals surface area contributed by atoms with E-state index < -0.39 is 5.91 Å². The van der Waals surface area contributed by atoms with E-state index in [0.29, 0.717) is 11.2 Å². The number of hydrogen-bond acceptors (Lipinski definition) is 4. The third-order valence-corrected chi connectivity index (χ3v) is 1.64. The molecular formula is C8H5N5O. The van der Waals surface area contributed by atoms with Gasteiger partial charge in [0.2, 0.25) is 0 Å². The molecule has 0 atom stereocenters. The van der Waals surface area contributed by atoms with Crippen LogP contribution in [0.25, 0.3) is 11.2 Å². The van der Waals surface area contributed by atoms with Crippen molar-refractivity contribution in [1.29, 1.82) is 5.26 Å². The number of hydrogen-bond donors (Lipinski definition) is 2. The lowest BCUT2D eigenvalue weighted by Crippen LogP contribution is -2.18. The highest BCUT2D eigenvalue weighted by Crippen LogP contribution is 2.06. The first-order valence-electron chi connectivity index (χ1n) is 3.81. The zero-order valence-corrected chi connectivity index (χ0v) is 6.98. The van der Waals surface area contributed by atoms with E-state index >= 15 is 0 Å². The van der Waals surface area contributed by atoms with Gasteiger partial charge in [0.05, 0.1) is 5.52 Å². The summed E-state index contributed by atoms with van der Waals surface area (Å²) in [5, 5.41) is 10.2. The zero-order chi connectivity index (χ0) is 9.97. The molecule has 2 aromatic heterocycles. The summed E-state index contributed by atoms with van der Waals surface area (Å²) in [6.07, 6.45) is 3.11. The Labute approximate surface area is 78.6 Å². The molecule has 0 aliphatic heterocycles. The molecule has 0 bridgehead atoms. The Morgan fingerprint density at radius 3 is 3.21 bits per heavy atom. The van der Waals surface area contributed by atoms with Crippen molar-refractivity contribution in [2.24, 2.45) is 0 Å². The summed E-state index contributed by atoms with van der Waals surface area (Å²) in [5.41, 5.74) is 1.12. The number of nitrogens with one attached hydrogen (secondary N) is 2. The molecule has 14 heavy (non-hydrogen) atoms. The first kappa shape index (κ1) is 8.19. The van der Waals surface area contributed by atoms with Gasteiger partial charge in [-0.2, -0.15) is 5.26 Å². The van der Waals surface area contributed by atoms with E-state index in [9.17, 15) is 4.79 Å². The fourth-order valence-electron chi connectivity index (χ4n) is 1.06. The lowest BCUT2D eigenvalue weighted by atomic mass is 10.4. The van der Waals surface area contributed by atoms with Crippen molar-refractivity contribution in [2.75, 3.05) is 0 Å². The quantitative estimate of drug-likeness (QED) is 0.491. The van der Waals surface area contributed by atoms with Gasteiger partial charge in [0, 0.05) is 6.20 Å². The number of aromatic nitrogens is 3. The highest BCUT2D eigenvalue weighted by atomic mass is 16.2. The molecule has 0 aromatic carbocycles. The molecule has 2 rings (SSSR count). The van der Waals surface area contributed by atoms with E-state index in [1.807, 2.05) is 5.32 Å². The summed E-state index contributed by atoms with van der Waals surface area (Å²) >= 11 is 0. The van der Waals surface area contributed by atoms with Crippen LogP contribution in [0, 0.1) is 11.5 Å². The Balaban J connectivity index is 2.46. The summed E-state index contributed by atoms with van der Waals surface area (Å²) < 4.78 is 0. The lowest BCUT2D eigenvalue weighted by Gasteiger charge is -1.87. The Hall–Kier alpha value is -2.42. The van der Waals surface area contributed by atoms with Crippen LogP contribution in [0.5, 0.6) is 0 Å². The van der Waals surface area contributed by atoms with Crippen LogP contribution < -0.4 is 5.32 Å². The van der Waals surface area contributed by atoms with Crippen molar-refractivity contribution in [3.63, 3.8) is 0 Å². The van der Waals surface area contributed by atoms with E-state index in [1.54, 1.807) is 18.3 Å². The third-order valence-electron chi connectivity index (χ3n) is 1.64. The third kappa shape index (κ3) is 1.27. The molecule has 0 radical (unpaired) electrons. The predicted octanol–water partition coefficient (Wildman–Crippen LogP) is 0.169. The van der Waals surface area contributed by atoms with Crippen molar-refractivity contribution in [3.8, 4) is 6.19 Å². The van der Waals surface area contributed by atoms with E-state index in [4.69, 9.17) is 5.26 Å². The minimum absolute atomic E-state index is 0.0836. The molecule has 6 heteroatoms. The maximum absolute atomic E-state index is 11.2. The van der Waals surface area contributed by atoms with Crippen LogP contribution >= 0.6 is 0 Å². The molecule has 0 aliphatic carbocycles. The molecule has 68 valence electrons. The van der Waals surface area contributed by atoms with Crippen LogP contribution in [-0.2, 0) is 0 Å². The van der Waals surface area contributed by atoms with Gasteiger partial charge < -0.3 is 4.98 Å². The number of amides is 1. The van der Waals surface area contributed by atoms with Gasteiger partial charge in [0.1, 0.15) is 0 Å². The van der Waals surface area contributed by atoms with Crippen LogP contribution in [0.4, 0.5) is 0 Å². The first-order chi connectivity index (χ1) is 6.81. The summed E-state index contributed by atoms with van der Waals surface area (Å²) in [7, 11) is 0. The second-order valence-corrected chi connectivity index (χ2v) is 2.53. The van der Waals surface area contributed by atoms with Crippen molar-refractivity contribution < 1.29 is 4.79 Å². The SMILES string of the molecule is N#CNC(=O)c1nc2ncccc2[nH]1. The second kappa shape index (κ2) is 3.14. The van der Waals surface area contributed by atoms with Crippen molar-refractivity contribution >= 4 is 17.1 Å². The molecule has 0 saturated heterocycles. The van der Waals surface area contributed by atoms with Gasteiger partial charge in [-0.05, 0) is 12.1 Å². The van der Waals surface area contributed by atoms with Gasteiger partial charge in [0.25, 0.3) is 5.91 Å². The maximum Gasteiger partial charge on any atom is 0.300 e. The van der Waals surface area contributed by atoms with Gasteiger partial charge in [-0.25, -0.2) is 9.97 Å². The van der Waals surface area contributed by atoms with E-state index in [-0.39, 0.29) is 5.82 Å². The summed E-state index contributed by atoms with van der Waals surface area (Å²) in [6, 6.07) is 3.48. The van der Waals surface area contributed by atoms with Crippen LogP contribution in [0.15, 0.2) is 18.3 Å². The second-order valence-electron chi connectivity index (χ2n) is 2.53. The minimum atomic E-state index is -0.564. The molecule has 0 saturated carbocycles. The van der Waals surface area contributed by atoms with Crippen molar-refractivity contribution in [3.05, 3.63) is 24.2 Å². The van der Waals surface area contributed by atoms with Gasteiger partial charge in [-0.3, -0.25) is 10.1 Å². The van der Waals surface area contributed by atoms with Gasteiger partial charge in [-0.15, -0.1) is 0 Å². The molecule has 2 aromatic rings. The van der Waals surface area contributed by atoms with Gasteiger partial charge in [0.15, 0.2) is 17.7 Å². The van der Waals surface area contributed by atoms with Crippen LogP contribution in [0.3, 0.4) is 0 Å².